The van der Waals surface area contributed by atoms with Crippen LogP contribution in [0.5, 0.6) is 0 Å². The van der Waals surface area contributed by atoms with Gasteiger partial charge < -0.3 is 21.5 Å². The number of hydrogen-bond donors (Lipinski definition) is 5. The fraction of sp³-hybridized carbons (Fsp3) is 0.385. The van der Waals surface area contributed by atoms with E-state index in [1.807, 2.05) is 12.1 Å². The molecule has 2 aromatic carbocycles. The van der Waals surface area contributed by atoms with Crippen LogP contribution in [0.1, 0.15) is 62.4 Å². The smallest absolute Gasteiger partial charge is 0.475 e. The van der Waals surface area contributed by atoms with E-state index in [1.54, 1.807) is 36.4 Å². The van der Waals surface area contributed by atoms with Crippen LogP contribution in [0.2, 0.25) is 0 Å². The Hall–Kier alpha value is -3.51. The van der Waals surface area contributed by atoms with E-state index in [0.717, 1.165) is 24.8 Å². The number of alkyl halides is 3. The molecule has 2 amide bonds. The Kier molecular flexibility index (Phi) is 12.9. The van der Waals surface area contributed by atoms with Gasteiger partial charge >= 0.3 is 12.1 Å². The number of nitrogens with two attached hydrogens (primary N) is 1. The number of carbonyl (C=O) groups excluding carboxylic acids is 2. The number of thiocarbonyl (C=S) groups is 1. The Balaban J connectivity index is 0.000000905. The largest absolute Gasteiger partial charge is 0.490 e. The van der Waals surface area contributed by atoms with E-state index >= 15 is 0 Å². The standard InChI is InChI=1S/C24H32N4O2S.C2HF3O2/c1-24(2,3)18-10-8-17(9-11-18)22(30)28-23(31)27-20-14-12-19(13-15-20)26-21(29)7-5-4-6-16-25;3-2(4,5)1(6)7/h8-15H,4-7,16,25H2,1-3H3,(H,26,29)(H2,27,28,30,31);(H,6,7). The van der Waals surface area contributed by atoms with Crippen molar-refractivity contribution in [1.29, 1.82) is 0 Å². The summed E-state index contributed by atoms with van der Waals surface area (Å²) in [7, 11) is 0. The van der Waals surface area contributed by atoms with E-state index in [2.05, 4.69) is 36.7 Å². The second kappa shape index (κ2) is 15.0. The highest BCUT2D eigenvalue weighted by atomic mass is 32.1. The predicted octanol–water partition coefficient (Wildman–Crippen LogP) is 5.20. The van der Waals surface area contributed by atoms with Crippen LogP contribution in [0.3, 0.4) is 0 Å². The molecule has 0 aliphatic heterocycles. The van der Waals surface area contributed by atoms with Gasteiger partial charge in [0.15, 0.2) is 5.11 Å². The Bertz CT molecular complexity index is 1080. The molecule has 0 radical (unpaired) electrons. The third-order valence-electron chi connectivity index (χ3n) is 5.02. The minimum absolute atomic E-state index is 0.0157. The molecule has 208 valence electrons. The minimum Gasteiger partial charge on any atom is -0.475 e. The molecular weight excluding hydrogens is 521 g/mol. The van der Waals surface area contributed by atoms with Crippen molar-refractivity contribution < 1.29 is 32.7 Å². The fourth-order valence-corrected chi connectivity index (χ4v) is 3.14. The lowest BCUT2D eigenvalue weighted by Crippen LogP contribution is -2.34. The zero-order valence-electron chi connectivity index (χ0n) is 21.4. The summed E-state index contributed by atoms with van der Waals surface area (Å²) in [6, 6.07) is 14.7. The first-order chi connectivity index (χ1) is 17.6. The minimum atomic E-state index is -5.08. The van der Waals surface area contributed by atoms with Crippen LogP contribution in [0.4, 0.5) is 24.5 Å². The first-order valence-corrected chi connectivity index (χ1v) is 12.2. The van der Waals surface area contributed by atoms with Gasteiger partial charge in [0.2, 0.25) is 5.91 Å². The Morgan fingerprint density at radius 1 is 0.868 bits per heavy atom. The molecule has 2 rings (SSSR count). The number of benzene rings is 2. The number of aliphatic carboxylic acids is 1. The third-order valence-corrected chi connectivity index (χ3v) is 5.22. The molecule has 0 aromatic heterocycles. The molecule has 2 aromatic rings. The van der Waals surface area contributed by atoms with E-state index in [9.17, 15) is 22.8 Å². The summed E-state index contributed by atoms with van der Waals surface area (Å²) in [6.07, 6.45) is -1.88. The summed E-state index contributed by atoms with van der Waals surface area (Å²) >= 11 is 5.25. The quantitative estimate of drug-likeness (QED) is 0.224. The van der Waals surface area contributed by atoms with Gasteiger partial charge in [0.05, 0.1) is 0 Å². The lowest BCUT2D eigenvalue weighted by atomic mass is 9.87. The van der Waals surface area contributed by atoms with E-state index in [-0.39, 0.29) is 22.3 Å². The van der Waals surface area contributed by atoms with Crippen molar-refractivity contribution in [3.05, 3.63) is 59.7 Å². The molecule has 12 heteroatoms. The molecule has 8 nitrogen and oxygen atoms in total. The number of nitrogens with one attached hydrogen (secondary N) is 3. The van der Waals surface area contributed by atoms with Gasteiger partial charge in [-0.25, -0.2) is 4.79 Å². The van der Waals surface area contributed by atoms with Crippen molar-refractivity contribution in [3.8, 4) is 0 Å². The number of carboxylic acid groups (broad SMARTS) is 1. The maximum atomic E-state index is 12.4. The van der Waals surface area contributed by atoms with E-state index in [1.165, 1.54) is 0 Å². The first-order valence-electron chi connectivity index (χ1n) is 11.8. The van der Waals surface area contributed by atoms with Crippen molar-refractivity contribution in [2.45, 2.75) is 58.0 Å². The lowest BCUT2D eigenvalue weighted by molar-refractivity contribution is -0.192. The maximum absolute atomic E-state index is 12.4. The molecule has 38 heavy (non-hydrogen) atoms. The Labute approximate surface area is 225 Å². The predicted molar refractivity (Wildman–Crippen MR) is 145 cm³/mol. The second-order valence-corrected chi connectivity index (χ2v) is 9.67. The van der Waals surface area contributed by atoms with Gasteiger partial charge in [-0.2, -0.15) is 13.2 Å². The van der Waals surface area contributed by atoms with Crippen molar-refractivity contribution in [3.63, 3.8) is 0 Å². The summed E-state index contributed by atoms with van der Waals surface area (Å²) in [5.41, 5.74) is 8.62. The molecule has 0 fully saturated rings. The maximum Gasteiger partial charge on any atom is 0.490 e. The third kappa shape index (κ3) is 12.6. The van der Waals surface area contributed by atoms with Gasteiger partial charge in [-0.15, -0.1) is 0 Å². The molecule has 0 saturated carbocycles. The number of rotatable bonds is 8. The zero-order chi connectivity index (χ0) is 28.9. The average molecular weight is 555 g/mol. The van der Waals surface area contributed by atoms with Gasteiger partial charge in [0.1, 0.15) is 0 Å². The average Bonchev–Trinajstić information content (AvgIpc) is 2.82. The second-order valence-electron chi connectivity index (χ2n) is 9.26. The number of anilines is 2. The molecule has 0 atom stereocenters. The van der Waals surface area contributed by atoms with Crippen molar-refractivity contribution >= 4 is 46.5 Å². The molecule has 6 N–H and O–H groups in total. The first kappa shape index (κ1) is 32.5. The Morgan fingerprint density at radius 3 is 1.82 bits per heavy atom. The number of amides is 2. The number of hydrogen-bond acceptors (Lipinski definition) is 5. The lowest BCUT2D eigenvalue weighted by Gasteiger charge is -2.19. The molecular formula is C26H33F3N4O4S. The monoisotopic (exact) mass is 554 g/mol. The van der Waals surface area contributed by atoms with Crippen molar-refractivity contribution in [1.82, 2.24) is 5.32 Å². The van der Waals surface area contributed by atoms with Gasteiger partial charge in [0.25, 0.3) is 5.91 Å². The van der Waals surface area contributed by atoms with Crippen LogP contribution in [0.25, 0.3) is 0 Å². The summed E-state index contributed by atoms with van der Waals surface area (Å²) in [5.74, 6) is -3.04. The highest BCUT2D eigenvalue weighted by molar-refractivity contribution is 7.80. The van der Waals surface area contributed by atoms with E-state index in [0.29, 0.717) is 29.9 Å². The van der Waals surface area contributed by atoms with Gasteiger partial charge in [-0.1, -0.05) is 39.3 Å². The van der Waals surface area contributed by atoms with Crippen LogP contribution >= 0.6 is 12.2 Å². The van der Waals surface area contributed by atoms with E-state index < -0.39 is 12.1 Å². The van der Waals surface area contributed by atoms with Crippen LogP contribution in [0, 0.1) is 0 Å². The molecule has 0 unspecified atom stereocenters. The SMILES string of the molecule is CC(C)(C)c1ccc(C(=O)NC(=S)Nc2ccc(NC(=O)CCCCCN)cc2)cc1.O=C(O)C(F)(F)F. The van der Waals surface area contributed by atoms with Crippen LogP contribution in [-0.2, 0) is 15.0 Å². The summed E-state index contributed by atoms with van der Waals surface area (Å²) in [5, 5.41) is 15.9. The van der Waals surface area contributed by atoms with Gasteiger partial charge in [-0.05, 0) is 79.0 Å². The van der Waals surface area contributed by atoms with E-state index in [4.69, 9.17) is 27.9 Å². The normalized spacial score (nSPS) is 11.0. The van der Waals surface area contributed by atoms with Crippen molar-refractivity contribution in [2.24, 2.45) is 5.73 Å². The van der Waals surface area contributed by atoms with Crippen LogP contribution in [-0.4, -0.2) is 40.7 Å². The topological polar surface area (TPSA) is 134 Å². The molecule has 0 saturated heterocycles. The number of carbonyl (C=O) groups is 3. The number of carboxylic acids is 1. The van der Waals surface area contributed by atoms with Crippen molar-refractivity contribution in [2.75, 3.05) is 17.2 Å². The molecule has 0 spiro atoms. The highest BCUT2D eigenvalue weighted by Gasteiger charge is 2.38. The molecule has 0 aliphatic carbocycles. The molecule has 0 aliphatic rings. The number of halogens is 3. The molecule has 0 heterocycles. The number of unbranched alkanes of at least 4 members (excludes halogenated alkanes) is 2. The van der Waals surface area contributed by atoms with Crippen LogP contribution < -0.4 is 21.7 Å². The fourth-order valence-electron chi connectivity index (χ4n) is 2.93. The van der Waals surface area contributed by atoms with Gasteiger partial charge in [-0.3, -0.25) is 14.9 Å². The molecule has 0 bridgehead atoms. The Morgan fingerprint density at radius 2 is 1.37 bits per heavy atom. The highest BCUT2D eigenvalue weighted by Crippen LogP contribution is 2.22. The summed E-state index contributed by atoms with van der Waals surface area (Å²) < 4.78 is 31.7. The van der Waals surface area contributed by atoms with Crippen LogP contribution in [0.15, 0.2) is 48.5 Å². The van der Waals surface area contributed by atoms with Gasteiger partial charge in [0, 0.05) is 23.4 Å². The summed E-state index contributed by atoms with van der Waals surface area (Å²) in [4.78, 5) is 33.3. The zero-order valence-corrected chi connectivity index (χ0v) is 22.3. The summed E-state index contributed by atoms with van der Waals surface area (Å²) in [6.45, 7) is 7.03.